The minimum atomic E-state index is -1.69. The van der Waals surface area contributed by atoms with Gasteiger partial charge in [0.05, 0.1) is 5.56 Å². The second-order valence-corrected chi connectivity index (χ2v) is 4.06. The summed E-state index contributed by atoms with van der Waals surface area (Å²) >= 11 is 5.22. The van der Waals surface area contributed by atoms with Crippen molar-refractivity contribution in [2.75, 3.05) is 0 Å². The lowest BCUT2D eigenvalue weighted by atomic mass is 10.2. The van der Waals surface area contributed by atoms with Gasteiger partial charge in [-0.25, -0.2) is 0 Å². The normalized spacial score (nSPS) is 12.6. The van der Waals surface area contributed by atoms with Crippen LogP contribution in [0.2, 0.25) is 0 Å². The first-order valence-electron chi connectivity index (χ1n) is 3.00. The van der Waals surface area contributed by atoms with Gasteiger partial charge in [0.25, 0.3) is 5.24 Å². The smallest absolute Gasteiger partial charge is 0.257 e. The SMILES string of the molecule is O=C(Cl)c1ccccc1[S+]([O-])Cl. The molecule has 0 radical (unpaired) electrons. The quantitative estimate of drug-likeness (QED) is 0.570. The topological polar surface area (TPSA) is 40.1 Å². The van der Waals surface area contributed by atoms with E-state index in [1.54, 1.807) is 12.1 Å². The van der Waals surface area contributed by atoms with Crippen LogP contribution >= 0.6 is 22.3 Å². The number of carbonyl (C=O) groups excluding carboxylic acids is 1. The highest BCUT2D eigenvalue weighted by Gasteiger charge is 2.17. The molecule has 1 atom stereocenters. The molecule has 0 bridgehead atoms. The molecule has 0 saturated carbocycles. The molecule has 0 saturated heterocycles. The molecule has 5 heteroatoms. The summed E-state index contributed by atoms with van der Waals surface area (Å²) in [6.07, 6.45) is 0. The van der Waals surface area contributed by atoms with Crippen LogP contribution < -0.4 is 0 Å². The van der Waals surface area contributed by atoms with Crippen LogP contribution in [-0.4, -0.2) is 9.80 Å². The lowest BCUT2D eigenvalue weighted by Crippen LogP contribution is -2.00. The average molecular weight is 223 g/mol. The average Bonchev–Trinajstić information content (AvgIpc) is 2.04. The number of halogens is 2. The zero-order valence-corrected chi connectivity index (χ0v) is 8.12. The van der Waals surface area contributed by atoms with Gasteiger partial charge in [-0.15, -0.1) is 0 Å². The van der Waals surface area contributed by atoms with Crippen LogP contribution in [0.5, 0.6) is 0 Å². The summed E-state index contributed by atoms with van der Waals surface area (Å²) in [5, 5.41) is -0.653. The Hall–Kier alpha value is -0.220. The van der Waals surface area contributed by atoms with E-state index < -0.39 is 15.6 Å². The molecule has 0 spiro atoms. The summed E-state index contributed by atoms with van der Waals surface area (Å²) in [5.74, 6) is 0. The lowest BCUT2D eigenvalue weighted by molar-refractivity contribution is 0.107. The molecule has 12 heavy (non-hydrogen) atoms. The number of rotatable bonds is 2. The molecular weight excluding hydrogens is 219 g/mol. The van der Waals surface area contributed by atoms with Crippen molar-refractivity contribution in [3.8, 4) is 0 Å². The fourth-order valence-corrected chi connectivity index (χ4v) is 1.91. The molecule has 1 aromatic rings. The lowest BCUT2D eigenvalue weighted by Gasteiger charge is -2.02. The molecule has 0 heterocycles. The third-order valence-electron chi connectivity index (χ3n) is 1.27. The van der Waals surface area contributed by atoms with Gasteiger partial charge >= 0.3 is 0 Å². The van der Waals surface area contributed by atoms with E-state index in [2.05, 4.69) is 0 Å². The molecular formula is C7H4Cl2O2S. The number of carbonyl (C=O) groups is 1. The van der Waals surface area contributed by atoms with Gasteiger partial charge in [0.2, 0.25) is 0 Å². The van der Waals surface area contributed by atoms with Crippen LogP contribution in [0.4, 0.5) is 0 Å². The van der Waals surface area contributed by atoms with Gasteiger partial charge in [-0.05, 0) is 23.7 Å². The van der Waals surface area contributed by atoms with Crippen molar-refractivity contribution in [2.24, 2.45) is 0 Å². The van der Waals surface area contributed by atoms with Gasteiger partial charge in [-0.2, -0.15) is 0 Å². The Kier molecular flexibility index (Phi) is 3.40. The Morgan fingerprint density at radius 2 is 2.00 bits per heavy atom. The monoisotopic (exact) mass is 222 g/mol. The summed E-state index contributed by atoms with van der Waals surface area (Å²) in [7, 11) is 3.62. The van der Waals surface area contributed by atoms with Gasteiger partial charge in [0.15, 0.2) is 15.6 Å². The van der Waals surface area contributed by atoms with Gasteiger partial charge in [0, 0.05) is 0 Å². The predicted molar refractivity (Wildman–Crippen MR) is 48.9 cm³/mol. The third-order valence-corrected chi connectivity index (χ3v) is 2.68. The van der Waals surface area contributed by atoms with E-state index in [-0.39, 0.29) is 10.5 Å². The summed E-state index contributed by atoms with van der Waals surface area (Å²) in [5.41, 5.74) is 0.188. The van der Waals surface area contributed by atoms with Gasteiger partial charge < -0.3 is 4.55 Å². The molecule has 0 aliphatic carbocycles. The Labute approximate surface area is 82.2 Å². The van der Waals surface area contributed by atoms with Crippen LogP contribution in [0, 0.1) is 0 Å². The molecule has 0 aromatic heterocycles. The largest absolute Gasteiger partial charge is 0.594 e. The van der Waals surface area contributed by atoms with Crippen LogP contribution in [-0.2, 0) is 10.4 Å². The van der Waals surface area contributed by atoms with E-state index in [0.717, 1.165) is 0 Å². The molecule has 0 aliphatic heterocycles. The zero-order valence-electron chi connectivity index (χ0n) is 5.79. The van der Waals surface area contributed by atoms with Crippen molar-refractivity contribution >= 4 is 37.9 Å². The van der Waals surface area contributed by atoms with Gasteiger partial charge in [-0.3, -0.25) is 4.79 Å². The van der Waals surface area contributed by atoms with E-state index in [9.17, 15) is 9.35 Å². The molecule has 2 nitrogen and oxygen atoms in total. The van der Waals surface area contributed by atoms with E-state index in [1.165, 1.54) is 12.1 Å². The summed E-state index contributed by atoms with van der Waals surface area (Å²) < 4.78 is 10.8. The molecule has 1 rings (SSSR count). The van der Waals surface area contributed by atoms with Crippen molar-refractivity contribution in [2.45, 2.75) is 4.90 Å². The van der Waals surface area contributed by atoms with Crippen molar-refractivity contribution in [1.82, 2.24) is 0 Å². The van der Waals surface area contributed by atoms with Crippen LogP contribution in [0.1, 0.15) is 10.4 Å². The minimum absolute atomic E-state index is 0.188. The first-order chi connectivity index (χ1) is 5.63. The Bertz CT molecular complexity index is 301. The van der Waals surface area contributed by atoms with E-state index in [1.807, 2.05) is 0 Å². The maximum absolute atomic E-state index is 10.8. The number of hydrogen-bond acceptors (Lipinski definition) is 2. The first kappa shape index (κ1) is 9.86. The molecule has 64 valence electrons. The van der Waals surface area contributed by atoms with E-state index in [0.29, 0.717) is 0 Å². The second-order valence-electron chi connectivity index (χ2n) is 1.99. The molecule has 0 aliphatic rings. The van der Waals surface area contributed by atoms with Crippen molar-refractivity contribution in [3.05, 3.63) is 29.8 Å². The molecule has 0 amide bonds. The summed E-state index contributed by atoms with van der Waals surface area (Å²) in [4.78, 5) is 11.0. The Morgan fingerprint density at radius 3 is 2.42 bits per heavy atom. The van der Waals surface area contributed by atoms with Gasteiger partial charge in [-0.1, -0.05) is 12.1 Å². The van der Waals surface area contributed by atoms with Crippen LogP contribution in [0.25, 0.3) is 0 Å². The van der Waals surface area contributed by atoms with Crippen LogP contribution in [0.15, 0.2) is 29.2 Å². The molecule has 0 N–H and O–H groups in total. The fourth-order valence-electron chi connectivity index (χ4n) is 0.769. The second kappa shape index (κ2) is 4.14. The Balaban J connectivity index is 3.17. The maximum Gasteiger partial charge on any atom is 0.257 e. The van der Waals surface area contributed by atoms with E-state index >= 15 is 0 Å². The number of hydrogen-bond donors (Lipinski definition) is 0. The maximum atomic E-state index is 10.8. The van der Waals surface area contributed by atoms with Crippen molar-refractivity contribution < 1.29 is 9.35 Å². The highest BCUT2D eigenvalue weighted by atomic mass is 35.7. The first-order valence-corrected chi connectivity index (χ1v) is 5.35. The zero-order chi connectivity index (χ0) is 9.14. The standard InChI is InChI=1S/C7H4Cl2O2S/c8-7(10)5-3-1-2-4-6(5)12(9)11/h1-4H. The summed E-state index contributed by atoms with van der Waals surface area (Å²) in [6, 6.07) is 6.24. The Morgan fingerprint density at radius 1 is 1.42 bits per heavy atom. The highest BCUT2D eigenvalue weighted by Crippen LogP contribution is 2.20. The molecule has 1 aromatic carbocycles. The minimum Gasteiger partial charge on any atom is -0.594 e. The highest BCUT2D eigenvalue weighted by molar-refractivity contribution is 8.13. The number of benzene rings is 1. The van der Waals surface area contributed by atoms with Crippen molar-refractivity contribution in [3.63, 3.8) is 0 Å². The van der Waals surface area contributed by atoms with E-state index in [4.69, 9.17) is 22.3 Å². The summed E-state index contributed by atoms with van der Waals surface area (Å²) in [6.45, 7) is 0. The van der Waals surface area contributed by atoms with Crippen molar-refractivity contribution in [1.29, 1.82) is 0 Å². The molecule has 1 unspecified atom stereocenters. The van der Waals surface area contributed by atoms with Crippen LogP contribution in [0.3, 0.4) is 0 Å². The predicted octanol–water partition coefficient (Wildman–Crippen LogP) is 2.33. The fraction of sp³-hybridized carbons (Fsp3) is 0. The third kappa shape index (κ3) is 2.14. The van der Waals surface area contributed by atoms with Gasteiger partial charge in [0.1, 0.15) is 10.4 Å². The molecule has 0 fully saturated rings.